The minimum absolute atomic E-state index is 0.0840. The molecule has 6 heteroatoms. The van der Waals surface area contributed by atoms with Crippen LogP contribution >= 0.6 is 23.4 Å². The summed E-state index contributed by atoms with van der Waals surface area (Å²) in [6.07, 6.45) is 0. The average molecular weight is 375 g/mol. The van der Waals surface area contributed by atoms with E-state index in [0.717, 1.165) is 11.3 Å². The van der Waals surface area contributed by atoms with Gasteiger partial charge in [-0.05, 0) is 43.7 Å². The molecule has 2 aromatic rings. The van der Waals surface area contributed by atoms with Gasteiger partial charge in [-0.3, -0.25) is 14.5 Å². The molecule has 0 aromatic heterocycles. The zero-order valence-electron chi connectivity index (χ0n) is 14.1. The van der Waals surface area contributed by atoms with E-state index in [1.54, 1.807) is 18.7 Å². The third-order valence-corrected chi connectivity index (χ3v) is 5.36. The fourth-order valence-electron chi connectivity index (χ4n) is 2.85. The summed E-state index contributed by atoms with van der Waals surface area (Å²) in [5.74, 6) is 0.713. The molecule has 25 heavy (non-hydrogen) atoms. The molecule has 1 aliphatic heterocycles. The highest BCUT2D eigenvalue weighted by molar-refractivity contribution is 7.99. The second-order valence-corrected chi connectivity index (χ2v) is 7.80. The van der Waals surface area contributed by atoms with Crippen LogP contribution in [0, 0.1) is 0 Å². The summed E-state index contributed by atoms with van der Waals surface area (Å²) < 4.78 is 0. The lowest BCUT2D eigenvalue weighted by molar-refractivity contribution is -0.125. The van der Waals surface area contributed by atoms with Crippen LogP contribution < -0.4 is 10.2 Å². The summed E-state index contributed by atoms with van der Waals surface area (Å²) in [6, 6.07) is 15.0. The molecular formula is C19H19ClN2O2S. The Morgan fingerprint density at radius 2 is 1.96 bits per heavy atom. The number of nitrogens with one attached hydrogen (secondary N) is 1. The summed E-state index contributed by atoms with van der Waals surface area (Å²) in [7, 11) is 0. The molecule has 1 aliphatic rings. The number of carbonyl (C=O) groups is 2. The van der Waals surface area contributed by atoms with Crippen LogP contribution in [-0.2, 0) is 15.3 Å². The van der Waals surface area contributed by atoms with E-state index in [1.165, 1.54) is 11.8 Å². The molecule has 0 bridgehead atoms. The minimum Gasteiger partial charge on any atom is -0.322 e. The first-order valence-corrected chi connectivity index (χ1v) is 9.48. The first-order valence-electron chi connectivity index (χ1n) is 7.95. The van der Waals surface area contributed by atoms with Crippen molar-refractivity contribution in [2.75, 3.05) is 16.0 Å². The summed E-state index contributed by atoms with van der Waals surface area (Å²) in [5.41, 5.74) is 1.55. The molecule has 0 atom stereocenters. The highest BCUT2D eigenvalue weighted by atomic mass is 35.5. The Hall–Kier alpha value is -1.98. The predicted octanol–water partition coefficient (Wildman–Crippen LogP) is 4.34. The normalized spacial score (nSPS) is 15.5. The smallest absolute Gasteiger partial charge is 0.250 e. The Labute approximate surface area is 156 Å². The lowest BCUT2D eigenvalue weighted by Gasteiger charge is -2.42. The largest absolute Gasteiger partial charge is 0.322 e. The van der Waals surface area contributed by atoms with E-state index in [0.29, 0.717) is 16.5 Å². The molecule has 130 valence electrons. The van der Waals surface area contributed by atoms with Crippen LogP contribution in [0.5, 0.6) is 0 Å². The Morgan fingerprint density at radius 3 is 2.72 bits per heavy atom. The Balaban J connectivity index is 1.75. The third kappa shape index (κ3) is 3.67. The second-order valence-electron chi connectivity index (χ2n) is 6.38. The number of carbonyl (C=O) groups excluding carboxylic acids is 2. The fourth-order valence-corrected chi connectivity index (χ4v) is 3.88. The monoisotopic (exact) mass is 374 g/mol. The van der Waals surface area contributed by atoms with Gasteiger partial charge in [-0.25, -0.2) is 0 Å². The van der Waals surface area contributed by atoms with E-state index in [4.69, 9.17) is 11.6 Å². The molecule has 0 radical (unpaired) electrons. The molecule has 3 rings (SSSR count). The number of benzene rings is 2. The van der Waals surface area contributed by atoms with Crippen LogP contribution in [0.15, 0.2) is 48.5 Å². The second kappa shape index (κ2) is 7.10. The van der Waals surface area contributed by atoms with E-state index in [9.17, 15) is 9.59 Å². The lowest BCUT2D eigenvalue weighted by Crippen LogP contribution is -2.58. The Morgan fingerprint density at radius 1 is 1.20 bits per heavy atom. The van der Waals surface area contributed by atoms with Crippen molar-refractivity contribution in [2.45, 2.75) is 25.1 Å². The van der Waals surface area contributed by atoms with E-state index in [1.807, 2.05) is 48.5 Å². The van der Waals surface area contributed by atoms with Crippen molar-refractivity contribution < 1.29 is 9.59 Å². The first-order chi connectivity index (χ1) is 11.9. The molecule has 0 saturated heterocycles. The molecule has 0 fully saturated rings. The van der Waals surface area contributed by atoms with Crippen molar-refractivity contribution in [3.05, 3.63) is 59.1 Å². The number of fused-ring (bicyclic) bond motifs is 1. The van der Waals surface area contributed by atoms with Gasteiger partial charge in [0, 0.05) is 10.8 Å². The highest BCUT2D eigenvalue weighted by Crippen LogP contribution is 2.37. The van der Waals surface area contributed by atoms with Crippen molar-refractivity contribution in [1.82, 2.24) is 0 Å². The van der Waals surface area contributed by atoms with Crippen molar-refractivity contribution >= 4 is 46.6 Å². The van der Waals surface area contributed by atoms with E-state index in [-0.39, 0.29) is 17.6 Å². The predicted molar refractivity (Wildman–Crippen MR) is 104 cm³/mol. The quantitative estimate of drug-likeness (QED) is 0.866. The molecule has 0 aliphatic carbocycles. The van der Waals surface area contributed by atoms with E-state index < -0.39 is 5.54 Å². The number of para-hydroxylation sites is 2. The Kier molecular flexibility index (Phi) is 5.06. The molecule has 1 heterocycles. The third-order valence-electron chi connectivity index (χ3n) is 4.14. The van der Waals surface area contributed by atoms with Crippen LogP contribution in [-0.4, -0.2) is 23.1 Å². The highest BCUT2D eigenvalue weighted by Gasteiger charge is 2.43. The average Bonchev–Trinajstić information content (AvgIpc) is 2.55. The molecule has 2 amide bonds. The number of hydrogen-bond donors (Lipinski definition) is 1. The number of rotatable bonds is 4. The van der Waals surface area contributed by atoms with Crippen LogP contribution in [0.2, 0.25) is 5.02 Å². The SMILES string of the molecule is CC1(C)C(=O)Nc2ccccc2N1C(=O)CSCc1cccc(Cl)c1. The van der Waals surface area contributed by atoms with E-state index in [2.05, 4.69) is 5.32 Å². The van der Waals surface area contributed by atoms with Gasteiger partial charge in [0.15, 0.2) is 0 Å². The standard InChI is InChI=1S/C19H19ClN2O2S/c1-19(2)18(24)21-15-8-3-4-9-16(15)22(19)17(23)12-25-11-13-6-5-7-14(20)10-13/h3-10H,11-12H2,1-2H3,(H,21,24). The van der Waals surface area contributed by atoms with Gasteiger partial charge in [-0.2, -0.15) is 0 Å². The summed E-state index contributed by atoms with van der Waals surface area (Å²) >= 11 is 7.50. The molecule has 0 unspecified atom stereocenters. The summed E-state index contributed by atoms with van der Waals surface area (Å²) in [4.78, 5) is 26.9. The summed E-state index contributed by atoms with van der Waals surface area (Å²) in [6.45, 7) is 3.52. The van der Waals surface area contributed by atoms with Crippen molar-refractivity contribution in [1.29, 1.82) is 0 Å². The molecule has 1 N–H and O–H groups in total. The number of thioether (sulfide) groups is 1. The molecular weight excluding hydrogens is 356 g/mol. The first kappa shape index (κ1) is 17.8. The molecule has 4 nitrogen and oxygen atoms in total. The van der Waals surface area contributed by atoms with Gasteiger partial charge in [0.2, 0.25) is 11.8 Å². The van der Waals surface area contributed by atoms with Crippen LogP contribution in [0.25, 0.3) is 0 Å². The van der Waals surface area contributed by atoms with Gasteiger partial charge in [-0.1, -0.05) is 35.9 Å². The molecule has 0 saturated carbocycles. The maximum atomic E-state index is 12.9. The molecule has 0 spiro atoms. The van der Waals surface area contributed by atoms with Crippen molar-refractivity contribution in [3.63, 3.8) is 0 Å². The number of halogens is 1. The number of nitrogens with zero attached hydrogens (tertiary/aromatic N) is 1. The number of hydrogen-bond acceptors (Lipinski definition) is 3. The van der Waals surface area contributed by atoms with Crippen LogP contribution in [0.3, 0.4) is 0 Å². The fraction of sp³-hybridized carbons (Fsp3) is 0.263. The zero-order valence-corrected chi connectivity index (χ0v) is 15.7. The van der Waals surface area contributed by atoms with Crippen molar-refractivity contribution in [3.8, 4) is 0 Å². The number of amides is 2. The van der Waals surface area contributed by atoms with E-state index >= 15 is 0 Å². The van der Waals surface area contributed by atoms with Gasteiger partial charge in [0.05, 0.1) is 17.1 Å². The maximum absolute atomic E-state index is 12.9. The molecule has 2 aromatic carbocycles. The van der Waals surface area contributed by atoms with Gasteiger partial charge >= 0.3 is 0 Å². The van der Waals surface area contributed by atoms with Gasteiger partial charge in [-0.15, -0.1) is 11.8 Å². The van der Waals surface area contributed by atoms with Crippen LogP contribution in [0.4, 0.5) is 11.4 Å². The van der Waals surface area contributed by atoms with Gasteiger partial charge in [0.25, 0.3) is 0 Å². The summed E-state index contributed by atoms with van der Waals surface area (Å²) in [5, 5.41) is 3.56. The number of anilines is 2. The van der Waals surface area contributed by atoms with Crippen LogP contribution in [0.1, 0.15) is 19.4 Å². The maximum Gasteiger partial charge on any atom is 0.250 e. The minimum atomic E-state index is -0.929. The van der Waals surface area contributed by atoms with Gasteiger partial charge in [0.1, 0.15) is 5.54 Å². The topological polar surface area (TPSA) is 49.4 Å². The Bertz CT molecular complexity index is 823. The van der Waals surface area contributed by atoms with Gasteiger partial charge < -0.3 is 5.32 Å². The lowest BCUT2D eigenvalue weighted by atomic mass is 9.96. The van der Waals surface area contributed by atoms with Crippen molar-refractivity contribution in [2.24, 2.45) is 0 Å². The zero-order chi connectivity index (χ0) is 18.0.